The van der Waals surface area contributed by atoms with Crippen LogP contribution in [0.4, 0.5) is 4.79 Å². The van der Waals surface area contributed by atoms with Crippen LogP contribution in [0, 0.1) is 0 Å². The van der Waals surface area contributed by atoms with Gasteiger partial charge >= 0.3 is 6.09 Å². The highest BCUT2D eigenvalue weighted by atomic mass is 16.6. The van der Waals surface area contributed by atoms with Crippen molar-refractivity contribution in [3.05, 3.63) is 0 Å². The molecule has 1 amide bonds. The Morgan fingerprint density at radius 3 is 2.62 bits per heavy atom. The lowest BCUT2D eigenvalue weighted by Gasteiger charge is -2.22. The first kappa shape index (κ1) is 10.3. The Kier molecular flexibility index (Phi) is 4.02. The summed E-state index contributed by atoms with van der Waals surface area (Å²) in [6, 6.07) is 0.132. The molecule has 0 radical (unpaired) electrons. The minimum atomic E-state index is -0.318. The van der Waals surface area contributed by atoms with Crippen molar-refractivity contribution in [2.45, 2.75) is 38.8 Å². The summed E-state index contributed by atoms with van der Waals surface area (Å²) in [5.74, 6) is 0. The minimum Gasteiger partial charge on any atom is -0.446 e. The van der Waals surface area contributed by atoms with E-state index >= 15 is 0 Å². The maximum atomic E-state index is 11.1. The predicted molar refractivity (Wildman–Crippen MR) is 48.6 cm³/mol. The Morgan fingerprint density at radius 1 is 1.46 bits per heavy atom. The molecule has 0 aromatic carbocycles. The maximum Gasteiger partial charge on any atom is 0.407 e. The molecule has 1 saturated heterocycles. The zero-order chi connectivity index (χ0) is 9.68. The van der Waals surface area contributed by atoms with Crippen molar-refractivity contribution < 1.29 is 14.3 Å². The lowest BCUT2D eigenvalue weighted by Crippen LogP contribution is -2.35. The van der Waals surface area contributed by atoms with Crippen molar-refractivity contribution in [3.63, 3.8) is 0 Å². The number of hydrogen-bond donors (Lipinski definition) is 1. The van der Waals surface area contributed by atoms with Gasteiger partial charge in [0.25, 0.3) is 0 Å². The average molecular weight is 187 g/mol. The molecule has 4 heteroatoms. The van der Waals surface area contributed by atoms with E-state index in [1.807, 2.05) is 13.8 Å². The number of carbonyl (C=O) groups is 1. The Labute approximate surface area is 78.6 Å². The summed E-state index contributed by atoms with van der Waals surface area (Å²) >= 11 is 0. The summed E-state index contributed by atoms with van der Waals surface area (Å²) in [5, 5.41) is 2.69. The van der Waals surface area contributed by atoms with E-state index in [1.54, 1.807) is 0 Å². The molecule has 0 unspecified atom stereocenters. The van der Waals surface area contributed by atoms with Crippen LogP contribution in [0.2, 0.25) is 0 Å². The molecule has 1 N–H and O–H groups in total. The molecule has 76 valence electrons. The topological polar surface area (TPSA) is 47.6 Å². The van der Waals surface area contributed by atoms with E-state index in [2.05, 4.69) is 5.32 Å². The van der Waals surface area contributed by atoms with Gasteiger partial charge in [-0.25, -0.2) is 4.79 Å². The highest BCUT2D eigenvalue weighted by Crippen LogP contribution is 2.10. The van der Waals surface area contributed by atoms with Gasteiger partial charge in [0, 0.05) is 18.9 Å². The number of carbonyl (C=O) groups excluding carboxylic acids is 1. The summed E-state index contributed by atoms with van der Waals surface area (Å²) < 4.78 is 10.3. The van der Waals surface area contributed by atoms with Crippen LogP contribution in [0.25, 0.3) is 0 Å². The third-order valence-electron chi connectivity index (χ3n) is 1.85. The van der Waals surface area contributed by atoms with Crippen LogP contribution in [0.5, 0.6) is 0 Å². The standard InChI is InChI=1S/C9H17NO3/c1-7(2)10-9(11)13-8-3-5-12-6-4-8/h7-8H,3-6H2,1-2H3,(H,10,11). The van der Waals surface area contributed by atoms with E-state index in [9.17, 15) is 4.79 Å². The molecule has 0 saturated carbocycles. The van der Waals surface area contributed by atoms with Crippen LogP contribution in [-0.2, 0) is 9.47 Å². The van der Waals surface area contributed by atoms with Crippen LogP contribution in [0.15, 0.2) is 0 Å². The van der Waals surface area contributed by atoms with Gasteiger partial charge in [-0.3, -0.25) is 0 Å². The van der Waals surface area contributed by atoms with Crippen molar-refractivity contribution in [1.29, 1.82) is 0 Å². The Bertz CT molecular complexity index is 164. The van der Waals surface area contributed by atoms with Crippen molar-refractivity contribution in [2.24, 2.45) is 0 Å². The second kappa shape index (κ2) is 5.07. The van der Waals surface area contributed by atoms with E-state index in [0.29, 0.717) is 13.2 Å². The molecule has 1 aliphatic heterocycles. The van der Waals surface area contributed by atoms with E-state index in [-0.39, 0.29) is 18.2 Å². The largest absolute Gasteiger partial charge is 0.446 e. The zero-order valence-electron chi connectivity index (χ0n) is 8.21. The quantitative estimate of drug-likeness (QED) is 0.708. The molecular weight excluding hydrogens is 170 g/mol. The summed E-state index contributed by atoms with van der Waals surface area (Å²) in [5.41, 5.74) is 0. The molecule has 1 rings (SSSR count). The first-order valence-corrected chi connectivity index (χ1v) is 4.73. The molecule has 0 bridgehead atoms. The molecule has 13 heavy (non-hydrogen) atoms. The minimum absolute atomic E-state index is 0.0347. The van der Waals surface area contributed by atoms with Gasteiger partial charge in [0.15, 0.2) is 0 Å². The van der Waals surface area contributed by atoms with E-state index in [1.165, 1.54) is 0 Å². The van der Waals surface area contributed by atoms with E-state index < -0.39 is 0 Å². The van der Waals surface area contributed by atoms with Crippen molar-refractivity contribution in [2.75, 3.05) is 13.2 Å². The first-order chi connectivity index (χ1) is 6.18. The van der Waals surface area contributed by atoms with Gasteiger partial charge in [-0.2, -0.15) is 0 Å². The van der Waals surface area contributed by atoms with Crippen molar-refractivity contribution in [1.82, 2.24) is 5.32 Å². The molecule has 1 fully saturated rings. The smallest absolute Gasteiger partial charge is 0.407 e. The molecule has 0 atom stereocenters. The second-order valence-corrected chi connectivity index (χ2v) is 3.52. The van der Waals surface area contributed by atoms with Gasteiger partial charge < -0.3 is 14.8 Å². The van der Waals surface area contributed by atoms with Crippen molar-refractivity contribution >= 4 is 6.09 Å². The van der Waals surface area contributed by atoms with E-state index in [0.717, 1.165) is 12.8 Å². The fourth-order valence-corrected chi connectivity index (χ4v) is 1.21. The van der Waals surface area contributed by atoms with Gasteiger partial charge in [0.1, 0.15) is 6.10 Å². The van der Waals surface area contributed by atoms with Gasteiger partial charge in [0.05, 0.1) is 13.2 Å². The SMILES string of the molecule is CC(C)NC(=O)OC1CCOCC1. The molecule has 0 spiro atoms. The van der Waals surface area contributed by atoms with Gasteiger partial charge in [-0.05, 0) is 13.8 Å². The lowest BCUT2D eigenvalue weighted by atomic mass is 10.2. The van der Waals surface area contributed by atoms with Crippen LogP contribution in [-0.4, -0.2) is 31.5 Å². The average Bonchev–Trinajstić information content (AvgIpc) is 2.04. The Hall–Kier alpha value is -0.770. The summed E-state index contributed by atoms with van der Waals surface area (Å²) in [7, 11) is 0. The second-order valence-electron chi connectivity index (χ2n) is 3.52. The number of hydrogen-bond acceptors (Lipinski definition) is 3. The maximum absolute atomic E-state index is 11.1. The normalized spacial score (nSPS) is 18.7. The number of nitrogens with one attached hydrogen (secondary N) is 1. The Balaban J connectivity index is 2.18. The highest BCUT2D eigenvalue weighted by Gasteiger charge is 2.17. The fraction of sp³-hybridized carbons (Fsp3) is 0.889. The third kappa shape index (κ3) is 4.12. The highest BCUT2D eigenvalue weighted by molar-refractivity contribution is 5.67. The number of rotatable bonds is 2. The summed E-state index contributed by atoms with van der Waals surface area (Å²) in [4.78, 5) is 11.1. The molecule has 0 aliphatic carbocycles. The summed E-state index contributed by atoms with van der Waals surface area (Å²) in [6.07, 6.45) is 1.34. The van der Waals surface area contributed by atoms with Gasteiger partial charge in [0.2, 0.25) is 0 Å². The molecule has 1 heterocycles. The molecular formula is C9H17NO3. The van der Waals surface area contributed by atoms with Crippen LogP contribution in [0.1, 0.15) is 26.7 Å². The van der Waals surface area contributed by atoms with Crippen LogP contribution < -0.4 is 5.32 Å². The van der Waals surface area contributed by atoms with E-state index in [4.69, 9.17) is 9.47 Å². The number of alkyl carbamates (subject to hydrolysis) is 1. The fourth-order valence-electron chi connectivity index (χ4n) is 1.21. The van der Waals surface area contributed by atoms with Gasteiger partial charge in [-0.1, -0.05) is 0 Å². The molecule has 4 nitrogen and oxygen atoms in total. The monoisotopic (exact) mass is 187 g/mol. The number of amides is 1. The first-order valence-electron chi connectivity index (χ1n) is 4.73. The lowest BCUT2D eigenvalue weighted by molar-refractivity contribution is 0.00112. The van der Waals surface area contributed by atoms with Crippen molar-refractivity contribution in [3.8, 4) is 0 Å². The number of ether oxygens (including phenoxy) is 2. The Morgan fingerprint density at radius 2 is 2.08 bits per heavy atom. The summed E-state index contributed by atoms with van der Waals surface area (Å²) in [6.45, 7) is 5.20. The van der Waals surface area contributed by atoms with Gasteiger partial charge in [-0.15, -0.1) is 0 Å². The van der Waals surface area contributed by atoms with Crippen LogP contribution >= 0.6 is 0 Å². The van der Waals surface area contributed by atoms with Crippen LogP contribution in [0.3, 0.4) is 0 Å². The predicted octanol–water partition coefficient (Wildman–Crippen LogP) is 1.30. The molecule has 1 aliphatic rings. The molecule has 0 aromatic heterocycles. The molecule has 0 aromatic rings. The zero-order valence-corrected chi connectivity index (χ0v) is 8.21. The third-order valence-corrected chi connectivity index (χ3v) is 1.85.